The highest BCUT2D eigenvalue weighted by Crippen LogP contribution is 2.25. The maximum absolute atomic E-state index is 13.7. The lowest BCUT2D eigenvalue weighted by molar-refractivity contribution is 0.0114. The van der Waals surface area contributed by atoms with Crippen LogP contribution in [-0.2, 0) is 11.3 Å². The van der Waals surface area contributed by atoms with Crippen LogP contribution in [0.2, 0.25) is 0 Å². The van der Waals surface area contributed by atoms with Gasteiger partial charge in [0, 0.05) is 18.2 Å². The molecule has 0 saturated heterocycles. The summed E-state index contributed by atoms with van der Waals surface area (Å²) in [4.78, 5) is 11.6. The molecule has 0 bridgehead atoms. The second-order valence-corrected chi connectivity index (χ2v) is 5.68. The second kappa shape index (κ2) is 9.12. The second-order valence-electron chi connectivity index (χ2n) is 5.68. The number of carbonyl (C=O) groups excluding carboxylic acids is 1. The molecule has 1 amide bonds. The molecule has 6 nitrogen and oxygen atoms in total. The molecule has 0 aliphatic heterocycles. The molecule has 5 N–H and O–H groups in total. The third kappa shape index (κ3) is 5.40. The Balaban J connectivity index is 1.78. The maximum Gasteiger partial charge on any atom is 0.407 e. The predicted molar refractivity (Wildman–Crippen MR) is 91.0 cm³/mol. The zero-order valence-electron chi connectivity index (χ0n) is 13.9. The van der Waals surface area contributed by atoms with Gasteiger partial charge in [0.15, 0.2) is 0 Å². The fraction of sp³-hybridized carbons (Fsp3) is 0.278. The van der Waals surface area contributed by atoms with Crippen LogP contribution in [-0.4, -0.2) is 29.0 Å². The van der Waals surface area contributed by atoms with E-state index in [1.165, 1.54) is 0 Å². The monoisotopic (exact) mass is 366 g/mol. The minimum Gasteiger partial charge on any atom is -0.445 e. The number of anilines is 1. The normalized spacial score (nSPS) is 13.1. The molecule has 0 heterocycles. The molecule has 0 aliphatic carbocycles. The number of carbonyl (C=O) groups is 1. The molecular formula is C18H20F2N2O4. The largest absolute Gasteiger partial charge is 0.445 e. The number of halogens is 2. The number of benzene rings is 2. The highest BCUT2D eigenvalue weighted by atomic mass is 19.1. The van der Waals surface area contributed by atoms with E-state index in [0.717, 1.165) is 17.7 Å². The van der Waals surface area contributed by atoms with E-state index in [2.05, 4.69) is 5.32 Å². The molecule has 0 aliphatic rings. The number of rotatable bonds is 7. The molecule has 26 heavy (non-hydrogen) atoms. The molecule has 0 saturated carbocycles. The van der Waals surface area contributed by atoms with Gasteiger partial charge in [-0.15, -0.1) is 0 Å². The van der Waals surface area contributed by atoms with Crippen LogP contribution in [0.15, 0.2) is 42.5 Å². The Bertz CT molecular complexity index is 743. The molecular weight excluding hydrogens is 346 g/mol. The van der Waals surface area contributed by atoms with Crippen molar-refractivity contribution in [2.24, 2.45) is 0 Å². The quantitative estimate of drug-likeness (QED) is 0.563. The van der Waals surface area contributed by atoms with Gasteiger partial charge in [0.2, 0.25) is 0 Å². The van der Waals surface area contributed by atoms with Crippen LogP contribution in [0, 0.1) is 11.6 Å². The Hall–Kier alpha value is -2.71. The first-order valence-corrected chi connectivity index (χ1v) is 7.93. The number of nitrogens with one attached hydrogen (secondary N) is 1. The van der Waals surface area contributed by atoms with E-state index in [-0.39, 0.29) is 19.6 Å². The summed E-state index contributed by atoms with van der Waals surface area (Å²) in [7, 11) is 0. The van der Waals surface area contributed by atoms with Gasteiger partial charge in [-0.3, -0.25) is 0 Å². The smallest absolute Gasteiger partial charge is 0.407 e. The summed E-state index contributed by atoms with van der Waals surface area (Å²) < 4.78 is 32.1. The van der Waals surface area contributed by atoms with Crippen LogP contribution in [0.4, 0.5) is 19.3 Å². The number of hydrogen-bond acceptors (Lipinski definition) is 5. The Morgan fingerprint density at radius 1 is 1.15 bits per heavy atom. The average molecular weight is 366 g/mol. The van der Waals surface area contributed by atoms with Crippen LogP contribution in [0.3, 0.4) is 0 Å². The number of amides is 1. The number of ether oxygens (including phenoxy) is 1. The van der Waals surface area contributed by atoms with E-state index in [1.807, 2.05) is 18.2 Å². The van der Waals surface area contributed by atoms with E-state index in [0.29, 0.717) is 0 Å². The van der Waals surface area contributed by atoms with Crippen molar-refractivity contribution in [3.05, 3.63) is 65.2 Å². The molecule has 2 unspecified atom stereocenters. The summed E-state index contributed by atoms with van der Waals surface area (Å²) in [6.07, 6.45) is -3.86. The van der Waals surface area contributed by atoms with Crippen LogP contribution in [0.1, 0.15) is 23.7 Å². The number of aliphatic hydroxyl groups excluding tert-OH is 2. The van der Waals surface area contributed by atoms with Crippen molar-refractivity contribution < 1.29 is 28.5 Å². The van der Waals surface area contributed by atoms with Crippen molar-refractivity contribution in [1.82, 2.24) is 5.32 Å². The van der Waals surface area contributed by atoms with E-state index < -0.39 is 41.2 Å². The standard InChI is InChI=1S/C18H20F2N2O4/c19-13-9-15(21)14(20)8-12(13)17(24)16(23)6-7-22-18(25)26-10-11-4-2-1-3-5-11/h1-5,8-9,16-17,23-24H,6-7,10,21H2,(H,22,25). The fourth-order valence-electron chi connectivity index (χ4n) is 2.27. The first-order chi connectivity index (χ1) is 12.4. The molecule has 8 heteroatoms. The first kappa shape index (κ1) is 19.6. The maximum atomic E-state index is 13.7. The van der Waals surface area contributed by atoms with Gasteiger partial charge in [-0.1, -0.05) is 30.3 Å². The summed E-state index contributed by atoms with van der Waals surface area (Å²) in [5.41, 5.74) is 5.25. The summed E-state index contributed by atoms with van der Waals surface area (Å²) in [5, 5.41) is 22.3. The third-order valence-electron chi connectivity index (χ3n) is 3.72. The van der Waals surface area contributed by atoms with Crippen LogP contribution < -0.4 is 11.1 Å². The number of nitrogens with two attached hydrogens (primary N) is 1. The predicted octanol–water partition coefficient (Wildman–Crippen LogP) is 2.26. The molecule has 2 atom stereocenters. The first-order valence-electron chi connectivity index (χ1n) is 7.93. The van der Waals surface area contributed by atoms with Crippen molar-refractivity contribution >= 4 is 11.8 Å². The van der Waals surface area contributed by atoms with Gasteiger partial charge in [0.1, 0.15) is 24.3 Å². The van der Waals surface area contributed by atoms with E-state index in [1.54, 1.807) is 12.1 Å². The van der Waals surface area contributed by atoms with Crippen molar-refractivity contribution in [3.8, 4) is 0 Å². The van der Waals surface area contributed by atoms with Crippen LogP contribution >= 0.6 is 0 Å². The number of nitrogen functional groups attached to an aromatic ring is 1. The molecule has 0 aromatic heterocycles. The minimum atomic E-state index is -1.66. The fourth-order valence-corrected chi connectivity index (χ4v) is 2.27. The topological polar surface area (TPSA) is 105 Å². The molecule has 0 spiro atoms. The summed E-state index contributed by atoms with van der Waals surface area (Å²) in [6, 6.07) is 10.5. The van der Waals surface area contributed by atoms with Gasteiger partial charge in [-0.25, -0.2) is 13.6 Å². The van der Waals surface area contributed by atoms with E-state index in [4.69, 9.17) is 10.5 Å². The van der Waals surface area contributed by atoms with E-state index >= 15 is 0 Å². The van der Waals surface area contributed by atoms with Crippen molar-refractivity contribution in [1.29, 1.82) is 0 Å². The molecule has 2 aromatic rings. The van der Waals surface area contributed by atoms with Gasteiger partial charge in [-0.2, -0.15) is 0 Å². The van der Waals surface area contributed by atoms with Gasteiger partial charge in [0.05, 0.1) is 11.8 Å². The molecule has 2 aromatic carbocycles. The highest BCUT2D eigenvalue weighted by Gasteiger charge is 2.23. The zero-order chi connectivity index (χ0) is 19.1. The summed E-state index contributed by atoms with van der Waals surface area (Å²) in [6.45, 7) is 0.0682. The molecule has 140 valence electrons. The van der Waals surface area contributed by atoms with Crippen molar-refractivity contribution in [2.75, 3.05) is 12.3 Å². The summed E-state index contributed by atoms with van der Waals surface area (Å²) in [5.74, 6) is -1.82. The lowest BCUT2D eigenvalue weighted by Crippen LogP contribution is -2.30. The minimum absolute atomic E-state index is 0.0229. The lowest BCUT2D eigenvalue weighted by Gasteiger charge is -2.19. The van der Waals surface area contributed by atoms with Gasteiger partial charge >= 0.3 is 6.09 Å². The zero-order valence-corrected chi connectivity index (χ0v) is 13.9. The highest BCUT2D eigenvalue weighted by molar-refractivity contribution is 5.67. The van der Waals surface area contributed by atoms with Gasteiger partial charge in [0.25, 0.3) is 0 Å². The van der Waals surface area contributed by atoms with Gasteiger partial charge < -0.3 is 26.0 Å². The van der Waals surface area contributed by atoms with Crippen LogP contribution in [0.5, 0.6) is 0 Å². The Kier molecular flexibility index (Phi) is 6.88. The lowest BCUT2D eigenvalue weighted by atomic mass is 10.0. The van der Waals surface area contributed by atoms with Crippen molar-refractivity contribution in [3.63, 3.8) is 0 Å². The number of hydrogen-bond donors (Lipinski definition) is 4. The Morgan fingerprint density at radius 3 is 2.54 bits per heavy atom. The van der Waals surface area contributed by atoms with E-state index in [9.17, 15) is 23.8 Å². The SMILES string of the molecule is Nc1cc(F)c(C(O)C(O)CCNC(=O)OCc2ccccc2)cc1F. The summed E-state index contributed by atoms with van der Waals surface area (Å²) >= 11 is 0. The number of alkyl carbamates (subject to hydrolysis) is 1. The molecule has 0 radical (unpaired) electrons. The van der Waals surface area contributed by atoms with Gasteiger partial charge in [-0.05, 0) is 18.1 Å². The van der Waals surface area contributed by atoms with Crippen molar-refractivity contribution in [2.45, 2.75) is 25.2 Å². The average Bonchev–Trinajstić information content (AvgIpc) is 2.63. The Labute approximate surface area is 149 Å². The number of aliphatic hydroxyl groups is 2. The van der Waals surface area contributed by atoms with Crippen LogP contribution in [0.25, 0.3) is 0 Å². The molecule has 2 rings (SSSR count). The Morgan fingerprint density at radius 2 is 1.85 bits per heavy atom. The molecule has 0 fully saturated rings. The third-order valence-corrected chi connectivity index (χ3v) is 3.72.